The van der Waals surface area contributed by atoms with Gasteiger partial charge in [0.2, 0.25) is 0 Å². The molecular formula is C29H32N2O4. The number of methoxy groups -OCH3 is 2. The smallest absolute Gasteiger partial charge is 0.310 e. The van der Waals surface area contributed by atoms with Crippen LogP contribution in [-0.4, -0.2) is 43.2 Å². The predicted molar refractivity (Wildman–Crippen MR) is 136 cm³/mol. The number of hydrogen-bond acceptors (Lipinski definition) is 6. The maximum Gasteiger partial charge on any atom is 0.310 e. The third-order valence-electron chi connectivity index (χ3n) is 7.25. The summed E-state index contributed by atoms with van der Waals surface area (Å²) in [7, 11) is 3.16. The highest BCUT2D eigenvalue weighted by Gasteiger charge is 2.35. The second-order valence-electron chi connectivity index (χ2n) is 9.42. The summed E-state index contributed by atoms with van der Waals surface area (Å²) in [6.45, 7) is 2.36. The molecule has 6 heteroatoms. The van der Waals surface area contributed by atoms with Crippen LogP contribution in [0.15, 0.2) is 65.2 Å². The van der Waals surface area contributed by atoms with E-state index in [1.165, 1.54) is 12.7 Å². The van der Waals surface area contributed by atoms with Crippen LogP contribution in [0.5, 0.6) is 5.75 Å². The molecule has 2 aromatic carbocycles. The molecule has 1 aliphatic rings. The highest BCUT2D eigenvalue weighted by atomic mass is 16.5. The number of hydrogen-bond donors (Lipinski definition) is 0. The number of esters is 1. The summed E-state index contributed by atoms with van der Waals surface area (Å²) in [6, 6.07) is 18.5. The summed E-state index contributed by atoms with van der Waals surface area (Å²) in [5.74, 6) is 1.80. The number of piperidine rings is 1. The Labute approximate surface area is 205 Å². The molecule has 6 nitrogen and oxygen atoms in total. The van der Waals surface area contributed by atoms with Gasteiger partial charge < -0.3 is 13.9 Å². The van der Waals surface area contributed by atoms with Crippen molar-refractivity contribution in [1.29, 1.82) is 0 Å². The van der Waals surface area contributed by atoms with E-state index < -0.39 is 0 Å². The summed E-state index contributed by atoms with van der Waals surface area (Å²) >= 11 is 0. The van der Waals surface area contributed by atoms with Crippen molar-refractivity contribution in [3.63, 3.8) is 0 Å². The Kier molecular flexibility index (Phi) is 7.00. The molecular weight excluding hydrogens is 440 g/mol. The molecule has 0 N–H and O–H groups in total. The molecule has 2 aromatic heterocycles. The lowest BCUT2D eigenvalue weighted by Crippen LogP contribution is -2.43. The number of likely N-dealkylation sites (tertiary alicyclic amines) is 1. The Morgan fingerprint density at radius 2 is 2.03 bits per heavy atom. The van der Waals surface area contributed by atoms with Crippen LogP contribution in [0.1, 0.15) is 30.6 Å². The summed E-state index contributed by atoms with van der Waals surface area (Å²) in [5.41, 5.74) is 3.16. The fourth-order valence-corrected chi connectivity index (χ4v) is 5.39. The molecule has 1 aliphatic heterocycles. The van der Waals surface area contributed by atoms with E-state index in [-0.39, 0.29) is 11.9 Å². The van der Waals surface area contributed by atoms with Gasteiger partial charge in [0.05, 0.1) is 38.4 Å². The second-order valence-corrected chi connectivity index (χ2v) is 9.42. The van der Waals surface area contributed by atoms with Crippen molar-refractivity contribution in [2.45, 2.75) is 32.2 Å². The number of aromatic nitrogens is 1. The Balaban J connectivity index is 1.23. The molecule has 4 aromatic rings. The van der Waals surface area contributed by atoms with Gasteiger partial charge in [0.15, 0.2) is 0 Å². The standard InChI is InChI=1S/C29H32N2O4/c1-33-23-16-25-20(10-6-11-27(25)30-17-23)8-5-9-21-13-14-31(19-26(21)29(32)34-2)18-24-15-22-7-3-4-12-28(22)35-24/h3-4,6-7,10-12,15-17,21,26H,5,8-9,13-14,18-19H2,1-2H3. The average molecular weight is 473 g/mol. The summed E-state index contributed by atoms with van der Waals surface area (Å²) in [5, 5.41) is 2.25. The summed E-state index contributed by atoms with van der Waals surface area (Å²) < 4.78 is 16.6. The normalized spacial score (nSPS) is 18.7. The Bertz CT molecular complexity index is 1280. The third kappa shape index (κ3) is 5.17. The van der Waals surface area contributed by atoms with Gasteiger partial charge in [-0.2, -0.15) is 0 Å². The van der Waals surface area contributed by atoms with Gasteiger partial charge >= 0.3 is 5.97 Å². The number of carbonyl (C=O) groups excluding carboxylic acids is 1. The number of rotatable bonds is 8. The van der Waals surface area contributed by atoms with Crippen molar-refractivity contribution < 1.29 is 18.7 Å². The quantitative estimate of drug-likeness (QED) is 0.310. The zero-order valence-electron chi connectivity index (χ0n) is 20.4. The van der Waals surface area contributed by atoms with Crippen LogP contribution in [0, 0.1) is 11.8 Å². The first-order chi connectivity index (χ1) is 17.1. The highest BCUT2D eigenvalue weighted by Crippen LogP contribution is 2.32. The number of carbonyl (C=O) groups is 1. The highest BCUT2D eigenvalue weighted by molar-refractivity contribution is 5.83. The third-order valence-corrected chi connectivity index (χ3v) is 7.25. The predicted octanol–water partition coefficient (Wildman–Crippen LogP) is 5.62. The van der Waals surface area contributed by atoms with Crippen LogP contribution < -0.4 is 4.74 Å². The van der Waals surface area contributed by atoms with Gasteiger partial charge in [-0.25, -0.2) is 0 Å². The van der Waals surface area contributed by atoms with Gasteiger partial charge in [-0.1, -0.05) is 30.3 Å². The molecule has 0 aliphatic carbocycles. The molecule has 0 radical (unpaired) electrons. The summed E-state index contributed by atoms with van der Waals surface area (Å²) in [4.78, 5) is 19.5. The molecule has 0 saturated carbocycles. The Hall–Kier alpha value is -3.38. The SMILES string of the molecule is COC(=O)C1CN(Cc2cc3ccccc3o2)CCC1CCCc1cccc2ncc(OC)cc12. The van der Waals surface area contributed by atoms with E-state index >= 15 is 0 Å². The zero-order chi connectivity index (χ0) is 24.2. The number of benzene rings is 2. The Morgan fingerprint density at radius 1 is 1.14 bits per heavy atom. The van der Waals surface area contributed by atoms with Gasteiger partial charge in [0, 0.05) is 17.3 Å². The monoisotopic (exact) mass is 472 g/mol. The van der Waals surface area contributed by atoms with Crippen LogP contribution in [-0.2, 0) is 22.5 Å². The molecule has 182 valence electrons. The van der Waals surface area contributed by atoms with Gasteiger partial charge in [-0.3, -0.25) is 14.7 Å². The molecule has 0 spiro atoms. The number of aryl methyl sites for hydroxylation is 1. The van der Waals surface area contributed by atoms with E-state index in [0.717, 1.165) is 65.6 Å². The van der Waals surface area contributed by atoms with E-state index in [9.17, 15) is 4.79 Å². The minimum absolute atomic E-state index is 0.108. The first-order valence-corrected chi connectivity index (χ1v) is 12.3. The van der Waals surface area contributed by atoms with Crippen LogP contribution in [0.2, 0.25) is 0 Å². The largest absolute Gasteiger partial charge is 0.495 e. The summed E-state index contributed by atoms with van der Waals surface area (Å²) in [6.07, 6.45) is 5.68. The van der Waals surface area contributed by atoms with Crippen LogP contribution >= 0.6 is 0 Å². The maximum atomic E-state index is 12.7. The molecule has 5 rings (SSSR count). The van der Waals surface area contributed by atoms with Crippen molar-refractivity contribution in [2.24, 2.45) is 11.8 Å². The minimum Gasteiger partial charge on any atom is -0.495 e. The average Bonchev–Trinajstić information content (AvgIpc) is 3.31. The van der Waals surface area contributed by atoms with Crippen molar-refractivity contribution in [3.8, 4) is 5.75 Å². The van der Waals surface area contributed by atoms with Crippen molar-refractivity contribution in [2.75, 3.05) is 27.3 Å². The number of furan rings is 1. The second kappa shape index (κ2) is 10.5. The molecule has 2 atom stereocenters. The van der Waals surface area contributed by atoms with E-state index in [1.807, 2.05) is 24.3 Å². The number of para-hydroxylation sites is 1. The lowest BCUT2D eigenvalue weighted by molar-refractivity contribution is -0.150. The first kappa shape index (κ1) is 23.4. The number of nitrogens with zero attached hydrogens (tertiary/aromatic N) is 2. The maximum absolute atomic E-state index is 12.7. The van der Waals surface area contributed by atoms with Crippen LogP contribution in [0.4, 0.5) is 0 Å². The van der Waals surface area contributed by atoms with Crippen molar-refractivity contribution >= 4 is 27.8 Å². The molecule has 1 fully saturated rings. The molecule has 1 saturated heterocycles. The molecule has 0 amide bonds. The van der Waals surface area contributed by atoms with E-state index in [4.69, 9.17) is 13.9 Å². The molecule has 35 heavy (non-hydrogen) atoms. The Morgan fingerprint density at radius 3 is 2.86 bits per heavy atom. The first-order valence-electron chi connectivity index (χ1n) is 12.3. The van der Waals surface area contributed by atoms with Gasteiger partial charge in [0.25, 0.3) is 0 Å². The van der Waals surface area contributed by atoms with Crippen LogP contribution in [0.25, 0.3) is 21.9 Å². The van der Waals surface area contributed by atoms with E-state index in [1.54, 1.807) is 13.3 Å². The number of pyridine rings is 1. The van der Waals surface area contributed by atoms with Crippen molar-refractivity contribution in [1.82, 2.24) is 9.88 Å². The van der Waals surface area contributed by atoms with Gasteiger partial charge in [0.1, 0.15) is 17.1 Å². The molecule has 2 unspecified atom stereocenters. The van der Waals surface area contributed by atoms with Gasteiger partial charge in [-0.15, -0.1) is 0 Å². The molecule has 0 bridgehead atoms. The minimum atomic E-state index is -0.118. The fraction of sp³-hybridized carbons (Fsp3) is 0.379. The topological polar surface area (TPSA) is 64.8 Å². The zero-order valence-corrected chi connectivity index (χ0v) is 20.4. The van der Waals surface area contributed by atoms with Crippen LogP contribution in [0.3, 0.4) is 0 Å². The fourth-order valence-electron chi connectivity index (χ4n) is 5.39. The number of fused-ring (bicyclic) bond motifs is 2. The van der Waals surface area contributed by atoms with Crippen molar-refractivity contribution in [3.05, 3.63) is 72.1 Å². The van der Waals surface area contributed by atoms with Gasteiger partial charge in [-0.05, 0) is 68.0 Å². The van der Waals surface area contributed by atoms with E-state index in [0.29, 0.717) is 19.0 Å². The lowest BCUT2D eigenvalue weighted by Gasteiger charge is -2.36. The molecule has 3 heterocycles. The van der Waals surface area contributed by atoms with E-state index in [2.05, 4.69) is 40.2 Å². The number of ether oxygens (including phenoxy) is 2. The lowest BCUT2D eigenvalue weighted by atomic mass is 9.81.